The smallest absolute Gasteiger partial charge is 0.169 e. The summed E-state index contributed by atoms with van der Waals surface area (Å²) < 4.78 is 0. The molecule has 1 aliphatic heterocycles. The van der Waals surface area contributed by atoms with E-state index in [4.69, 9.17) is 12.2 Å². The average molecular weight is 351 g/mol. The Labute approximate surface area is 150 Å². The molecule has 1 aliphatic rings. The Kier molecular flexibility index (Phi) is 7.63. The highest BCUT2D eigenvalue weighted by Crippen LogP contribution is 2.31. The minimum Gasteiger partial charge on any atom is -0.504 e. The van der Waals surface area contributed by atoms with E-state index in [0.29, 0.717) is 6.54 Å². The first-order valence-electron chi connectivity index (χ1n) is 9.18. The maximum absolute atomic E-state index is 9.74. The van der Waals surface area contributed by atoms with Crippen LogP contribution in [0.5, 0.6) is 11.5 Å². The zero-order valence-corrected chi connectivity index (χ0v) is 15.5. The van der Waals surface area contributed by atoms with E-state index in [1.807, 2.05) is 0 Å². The summed E-state index contributed by atoms with van der Waals surface area (Å²) >= 11 is 5.54. The van der Waals surface area contributed by atoms with Crippen LogP contribution in [0.3, 0.4) is 0 Å². The molecule has 0 bridgehead atoms. The molecule has 1 heterocycles. The van der Waals surface area contributed by atoms with Gasteiger partial charge in [-0.25, -0.2) is 0 Å². The first kappa shape index (κ1) is 18.8. The fourth-order valence-electron chi connectivity index (χ4n) is 3.17. The molecule has 134 valence electrons. The van der Waals surface area contributed by atoms with Gasteiger partial charge < -0.3 is 20.4 Å². The van der Waals surface area contributed by atoms with Crippen LogP contribution in [0.4, 0.5) is 0 Å². The summed E-state index contributed by atoms with van der Waals surface area (Å²) in [7, 11) is 0. The van der Waals surface area contributed by atoms with Crippen molar-refractivity contribution in [3.05, 3.63) is 23.3 Å². The number of thiocarbonyl (C=S) groups is 1. The highest BCUT2D eigenvalue weighted by atomic mass is 32.1. The lowest BCUT2D eigenvalue weighted by atomic mass is 10.0. The summed E-state index contributed by atoms with van der Waals surface area (Å²) in [5.41, 5.74) is 2.15. The molecular weight excluding hydrogens is 320 g/mol. The van der Waals surface area contributed by atoms with Crippen LogP contribution in [0, 0.1) is 0 Å². The first-order valence-corrected chi connectivity index (χ1v) is 9.59. The third-order valence-corrected chi connectivity index (χ3v) is 5.03. The summed E-state index contributed by atoms with van der Waals surface area (Å²) in [5, 5.41) is 23.6. The number of hydrogen-bond acceptors (Lipinski definition) is 3. The number of phenols is 2. The predicted octanol–water partition coefficient (Wildman–Crippen LogP) is 4.08. The normalized spacial score (nSPS) is 14.1. The van der Waals surface area contributed by atoms with Gasteiger partial charge in [0.2, 0.25) is 0 Å². The van der Waals surface area contributed by atoms with Crippen molar-refractivity contribution in [2.24, 2.45) is 0 Å². The lowest BCUT2D eigenvalue weighted by molar-refractivity contribution is 0.397. The minimum atomic E-state index is -0.0541. The molecule has 24 heavy (non-hydrogen) atoms. The topological polar surface area (TPSA) is 55.7 Å². The molecule has 0 saturated heterocycles. The predicted molar refractivity (Wildman–Crippen MR) is 102 cm³/mol. The van der Waals surface area contributed by atoms with Crippen LogP contribution >= 0.6 is 12.2 Å². The fraction of sp³-hybridized carbons (Fsp3) is 0.632. The summed E-state index contributed by atoms with van der Waals surface area (Å²) in [6, 6.07) is 3.35. The molecule has 0 saturated carbocycles. The Morgan fingerprint density at radius 2 is 1.75 bits per heavy atom. The monoisotopic (exact) mass is 350 g/mol. The van der Waals surface area contributed by atoms with Crippen molar-refractivity contribution in [1.82, 2.24) is 10.2 Å². The number of aromatic hydroxyl groups is 2. The van der Waals surface area contributed by atoms with Crippen molar-refractivity contribution < 1.29 is 10.2 Å². The van der Waals surface area contributed by atoms with Crippen LogP contribution in [-0.2, 0) is 13.0 Å². The Morgan fingerprint density at radius 1 is 1.08 bits per heavy atom. The minimum absolute atomic E-state index is 0.0361. The zero-order valence-electron chi connectivity index (χ0n) is 14.7. The number of phenolic OH excluding ortho intramolecular Hbond substituents is 2. The van der Waals surface area contributed by atoms with Crippen LogP contribution in [0.25, 0.3) is 0 Å². The number of nitrogens with zero attached hydrogens (tertiary/aromatic N) is 1. The second-order valence-electron chi connectivity index (χ2n) is 6.63. The van der Waals surface area contributed by atoms with Gasteiger partial charge in [-0.1, -0.05) is 39.0 Å². The van der Waals surface area contributed by atoms with Gasteiger partial charge in [-0.15, -0.1) is 0 Å². The summed E-state index contributed by atoms with van der Waals surface area (Å²) in [6.07, 6.45) is 9.57. The molecule has 3 N–H and O–H groups in total. The van der Waals surface area contributed by atoms with Gasteiger partial charge in [0, 0.05) is 19.6 Å². The number of unbranched alkanes of at least 4 members (excludes halogenated alkanes) is 5. The van der Waals surface area contributed by atoms with E-state index in [0.717, 1.165) is 48.6 Å². The van der Waals surface area contributed by atoms with E-state index >= 15 is 0 Å². The maximum Gasteiger partial charge on any atom is 0.169 e. The molecule has 0 spiro atoms. The molecule has 1 aromatic rings. The Hall–Kier alpha value is -1.49. The largest absolute Gasteiger partial charge is 0.504 e. The van der Waals surface area contributed by atoms with E-state index in [1.54, 1.807) is 12.1 Å². The highest BCUT2D eigenvalue weighted by Gasteiger charge is 2.18. The van der Waals surface area contributed by atoms with Crippen molar-refractivity contribution in [2.75, 3.05) is 13.1 Å². The summed E-state index contributed by atoms with van der Waals surface area (Å²) in [5.74, 6) is -0.0902. The van der Waals surface area contributed by atoms with Crippen molar-refractivity contribution in [2.45, 2.75) is 64.8 Å². The van der Waals surface area contributed by atoms with Gasteiger partial charge in [-0.3, -0.25) is 0 Å². The molecule has 0 unspecified atom stereocenters. The molecule has 0 amide bonds. The van der Waals surface area contributed by atoms with Crippen LogP contribution in [0.1, 0.15) is 63.0 Å². The lowest BCUT2D eigenvalue weighted by Gasteiger charge is -2.24. The number of aryl methyl sites for hydroxylation is 1. The van der Waals surface area contributed by atoms with Gasteiger partial charge in [0.1, 0.15) is 0 Å². The Bertz CT molecular complexity index is 548. The molecule has 1 aromatic carbocycles. The van der Waals surface area contributed by atoms with Gasteiger partial charge in [-0.2, -0.15) is 0 Å². The van der Waals surface area contributed by atoms with Crippen molar-refractivity contribution in [3.8, 4) is 11.5 Å². The van der Waals surface area contributed by atoms with Gasteiger partial charge in [0.25, 0.3) is 0 Å². The SMILES string of the molecule is CCCCCCCCNC(=S)N1CCCc2cc(O)c(O)cc2C1. The van der Waals surface area contributed by atoms with Crippen LogP contribution in [0.15, 0.2) is 12.1 Å². The van der Waals surface area contributed by atoms with E-state index in [9.17, 15) is 10.2 Å². The zero-order chi connectivity index (χ0) is 17.4. The van der Waals surface area contributed by atoms with Gasteiger partial charge in [-0.05, 0) is 54.7 Å². The third-order valence-electron chi connectivity index (χ3n) is 4.63. The number of benzene rings is 1. The number of rotatable bonds is 7. The average Bonchev–Trinajstić information content (AvgIpc) is 2.76. The molecule has 0 aromatic heterocycles. The van der Waals surface area contributed by atoms with Gasteiger partial charge >= 0.3 is 0 Å². The second kappa shape index (κ2) is 9.72. The van der Waals surface area contributed by atoms with E-state index in [1.165, 1.54) is 32.1 Å². The number of hydrogen-bond donors (Lipinski definition) is 3. The molecule has 0 fully saturated rings. The first-order chi connectivity index (χ1) is 11.6. The van der Waals surface area contributed by atoms with Gasteiger partial charge in [0.05, 0.1) is 0 Å². The highest BCUT2D eigenvalue weighted by molar-refractivity contribution is 7.80. The van der Waals surface area contributed by atoms with Crippen LogP contribution < -0.4 is 5.32 Å². The number of fused-ring (bicyclic) bond motifs is 1. The van der Waals surface area contributed by atoms with Crippen molar-refractivity contribution in [3.63, 3.8) is 0 Å². The van der Waals surface area contributed by atoms with E-state index < -0.39 is 0 Å². The fourth-order valence-corrected chi connectivity index (χ4v) is 3.43. The number of nitrogens with one attached hydrogen (secondary N) is 1. The lowest BCUT2D eigenvalue weighted by Crippen LogP contribution is -2.39. The Balaban J connectivity index is 1.79. The second-order valence-corrected chi connectivity index (χ2v) is 7.02. The standard InChI is InChI=1S/C19H30N2O2S/c1-2-3-4-5-6-7-10-20-19(24)21-11-8-9-15-12-17(22)18(23)13-16(15)14-21/h12-13,22-23H,2-11,14H2,1H3,(H,20,24). The van der Waals surface area contributed by atoms with Crippen LogP contribution in [-0.4, -0.2) is 33.3 Å². The van der Waals surface area contributed by atoms with E-state index in [-0.39, 0.29) is 11.5 Å². The van der Waals surface area contributed by atoms with E-state index in [2.05, 4.69) is 17.1 Å². The third kappa shape index (κ3) is 5.55. The molecule has 4 nitrogen and oxygen atoms in total. The summed E-state index contributed by atoms with van der Waals surface area (Å²) in [6.45, 7) is 4.75. The van der Waals surface area contributed by atoms with Crippen molar-refractivity contribution in [1.29, 1.82) is 0 Å². The molecule has 2 rings (SSSR count). The molecule has 0 radical (unpaired) electrons. The van der Waals surface area contributed by atoms with Crippen LogP contribution in [0.2, 0.25) is 0 Å². The summed E-state index contributed by atoms with van der Waals surface area (Å²) in [4.78, 5) is 2.16. The maximum atomic E-state index is 9.74. The molecular formula is C19H30N2O2S. The molecule has 0 aliphatic carbocycles. The molecule has 0 atom stereocenters. The Morgan fingerprint density at radius 3 is 2.50 bits per heavy atom. The van der Waals surface area contributed by atoms with Crippen molar-refractivity contribution >= 4 is 17.3 Å². The van der Waals surface area contributed by atoms with Gasteiger partial charge in [0.15, 0.2) is 16.6 Å². The molecule has 5 heteroatoms. The quantitative estimate of drug-likeness (QED) is 0.393.